The number of pyridine rings is 1. The second kappa shape index (κ2) is 5.66. The fraction of sp³-hybridized carbons (Fsp3) is 0.154. The number of allylic oxidation sites excluding steroid dienone is 2. The zero-order valence-electron chi connectivity index (χ0n) is 8.73. The molecule has 2 rings (SSSR count). The highest BCUT2D eigenvalue weighted by Crippen LogP contribution is 2.09. The van der Waals surface area contributed by atoms with Crippen molar-refractivity contribution >= 4 is 10.8 Å². The van der Waals surface area contributed by atoms with E-state index in [0.29, 0.717) is 0 Å². The molecule has 0 saturated carbocycles. The third-order valence-corrected chi connectivity index (χ3v) is 2.30. The summed E-state index contributed by atoms with van der Waals surface area (Å²) in [5, 5.41) is 2.59. The molecule has 0 aliphatic heterocycles. The van der Waals surface area contributed by atoms with Crippen LogP contribution in [0.15, 0.2) is 54.9 Å². The van der Waals surface area contributed by atoms with E-state index >= 15 is 0 Å². The molecule has 1 nitrogen and oxygen atoms in total. The van der Waals surface area contributed by atoms with E-state index in [2.05, 4.69) is 59.4 Å². The molecule has 0 saturated heterocycles. The number of halogens is 1. The molecule has 0 bridgehead atoms. The quantitative estimate of drug-likeness (QED) is 0.518. The Morgan fingerprint density at radius 1 is 1.13 bits per heavy atom. The van der Waals surface area contributed by atoms with Gasteiger partial charge in [0, 0.05) is 11.5 Å². The van der Waals surface area contributed by atoms with Gasteiger partial charge in [-0.2, -0.15) is 0 Å². The van der Waals surface area contributed by atoms with Crippen molar-refractivity contribution in [2.45, 2.75) is 13.5 Å². The maximum absolute atomic E-state index is 2.18. The van der Waals surface area contributed by atoms with Crippen molar-refractivity contribution < 1.29 is 21.5 Å². The van der Waals surface area contributed by atoms with Gasteiger partial charge in [-0.05, 0) is 24.5 Å². The lowest BCUT2D eigenvalue weighted by molar-refractivity contribution is -0.685. The normalized spacial score (nSPS) is 10.5. The summed E-state index contributed by atoms with van der Waals surface area (Å²) in [7, 11) is 0. The van der Waals surface area contributed by atoms with Crippen LogP contribution in [0.5, 0.6) is 0 Å². The summed E-state index contributed by atoms with van der Waals surface area (Å²) in [6, 6.07) is 10.6. The van der Waals surface area contributed by atoms with Crippen LogP contribution >= 0.6 is 0 Å². The van der Waals surface area contributed by atoms with Gasteiger partial charge >= 0.3 is 0 Å². The van der Waals surface area contributed by atoms with Crippen molar-refractivity contribution in [2.24, 2.45) is 0 Å². The van der Waals surface area contributed by atoms with Gasteiger partial charge in [0.15, 0.2) is 18.9 Å². The molecule has 1 aromatic carbocycles. The number of rotatable bonds is 2. The van der Waals surface area contributed by atoms with Crippen LogP contribution in [0.4, 0.5) is 0 Å². The van der Waals surface area contributed by atoms with Crippen LogP contribution in [0.2, 0.25) is 0 Å². The molecule has 0 amide bonds. The van der Waals surface area contributed by atoms with Crippen molar-refractivity contribution in [1.82, 2.24) is 0 Å². The first-order valence-electron chi connectivity index (χ1n) is 4.89. The van der Waals surface area contributed by atoms with Gasteiger partial charge in [0.25, 0.3) is 0 Å². The van der Waals surface area contributed by atoms with Crippen LogP contribution in [-0.4, -0.2) is 0 Å². The molecular weight excluding hydrogens is 250 g/mol. The zero-order chi connectivity index (χ0) is 9.80. The first-order valence-corrected chi connectivity index (χ1v) is 4.89. The summed E-state index contributed by atoms with van der Waals surface area (Å²) in [5.74, 6) is 0. The molecule has 0 radical (unpaired) electrons. The molecule has 78 valence electrons. The van der Waals surface area contributed by atoms with Gasteiger partial charge in [0.2, 0.25) is 0 Å². The van der Waals surface area contributed by atoms with Crippen molar-refractivity contribution in [3.05, 3.63) is 54.9 Å². The third kappa shape index (κ3) is 2.90. The minimum Gasteiger partial charge on any atom is -1.00 e. The minimum atomic E-state index is 0. The lowest BCUT2D eigenvalue weighted by Crippen LogP contribution is -3.00. The Hall–Kier alpha value is -1.15. The Labute approximate surface area is 101 Å². The average Bonchev–Trinajstić information content (AvgIpc) is 2.26. The fourth-order valence-electron chi connectivity index (χ4n) is 1.52. The number of aromatic nitrogens is 1. The molecule has 0 unspecified atom stereocenters. The van der Waals surface area contributed by atoms with Gasteiger partial charge in [0.05, 0.1) is 0 Å². The molecule has 0 atom stereocenters. The fourth-order valence-corrected chi connectivity index (χ4v) is 1.52. The van der Waals surface area contributed by atoms with E-state index < -0.39 is 0 Å². The predicted molar refractivity (Wildman–Crippen MR) is 59.0 cm³/mol. The highest BCUT2D eigenvalue weighted by molar-refractivity contribution is 5.80. The van der Waals surface area contributed by atoms with Crippen molar-refractivity contribution in [1.29, 1.82) is 0 Å². The summed E-state index contributed by atoms with van der Waals surface area (Å²) in [6.45, 7) is 2.99. The predicted octanol–water partition coefficient (Wildman–Crippen LogP) is -0.293. The number of fused-ring (bicyclic) bond motifs is 1. The summed E-state index contributed by atoms with van der Waals surface area (Å²) in [5.41, 5.74) is 0. The summed E-state index contributed by atoms with van der Waals surface area (Å²) in [4.78, 5) is 0. The first-order chi connectivity index (χ1) is 6.90. The molecule has 0 N–H and O–H groups in total. The Morgan fingerprint density at radius 3 is 2.60 bits per heavy atom. The van der Waals surface area contributed by atoms with E-state index in [1.54, 1.807) is 0 Å². The summed E-state index contributed by atoms with van der Waals surface area (Å²) in [6.07, 6.45) is 8.51. The van der Waals surface area contributed by atoms with Crippen LogP contribution < -0.4 is 21.5 Å². The SMILES string of the molecule is CC=CC[n+]1ccc2ccccc2c1.[Br-]. The highest BCUT2D eigenvalue weighted by Gasteiger charge is 1.99. The van der Waals surface area contributed by atoms with E-state index in [1.807, 2.05) is 6.92 Å². The second-order valence-corrected chi connectivity index (χ2v) is 3.34. The summed E-state index contributed by atoms with van der Waals surface area (Å²) < 4.78 is 2.18. The van der Waals surface area contributed by atoms with Crippen molar-refractivity contribution in [3.8, 4) is 0 Å². The molecule has 0 aliphatic carbocycles. The molecule has 2 heteroatoms. The molecule has 0 aliphatic rings. The maximum atomic E-state index is 2.18. The average molecular weight is 264 g/mol. The Balaban J connectivity index is 0.00000112. The van der Waals surface area contributed by atoms with Crippen LogP contribution in [0.3, 0.4) is 0 Å². The molecule has 1 aromatic heterocycles. The van der Waals surface area contributed by atoms with Gasteiger partial charge in [-0.1, -0.05) is 24.3 Å². The molecule has 2 aromatic rings. The lowest BCUT2D eigenvalue weighted by Gasteiger charge is -1.95. The van der Waals surface area contributed by atoms with Crippen LogP contribution in [-0.2, 0) is 6.54 Å². The summed E-state index contributed by atoms with van der Waals surface area (Å²) >= 11 is 0. The first kappa shape index (κ1) is 11.9. The number of hydrogen-bond acceptors (Lipinski definition) is 0. The van der Waals surface area contributed by atoms with Gasteiger partial charge in [-0.25, -0.2) is 4.57 Å². The molecule has 15 heavy (non-hydrogen) atoms. The van der Waals surface area contributed by atoms with Crippen LogP contribution in [0, 0.1) is 0 Å². The molecular formula is C13H14BrN. The van der Waals surface area contributed by atoms with E-state index in [0.717, 1.165) is 6.54 Å². The number of hydrogen-bond donors (Lipinski definition) is 0. The minimum absolute atomic E-state index is 0. The second-order valence-electron chi connectivity index (χ2n) is 3.34. The van der Waals surface area contributed by atoms with Gasteiger partial charge in [-0.3, -0.25) is 0 Å². The van der Waals surface area contributed by atoms with E-state index in [-0.39, 0.29) is 17.0 Å². The Kier molecular flexibility index (Phi) is 4.50. The van der Waals surface area contributed by atoms with Gasteiger partial charge in [0.1, 0.15) is 0 Å². The van der Waals surface area contributed by atoms with E-state index in [9.17, 15) is 0 Å². The Bertz CT molecular complexity index is 463. The van der Waals surface area contributed by atoms with E-state index in [4.69, 9.17) is 0 Å². The van der Waals surface area contributed by atoms with Gasteiger partial charge < -0.3 is 17.0 Å². The largest absolute Gasteiger partial charge is 1.00 e. The van der Waals surface area contributed by atoms with E-state index in [1.165, 1.54) is 10.8 Å². The molecule has 0 fully saturated rings. The molecule has 0 spiro atoms. The number of nitrogens with zero attached hydrogens (tertiary/aromatic N) is 1. The monoisotopic (exact) mass is 263 g/mol. The standard InChI is InChI=1S/C13H14N.BrH/c1-2-3-9-14-10-8-12-6-4-5-7-13(12)11-14;/h2-8,10-11H,9H2,1H3;1H/q+1;/p-1. The third-order valence-electron chi connectivity index (χ3n) is 2.30. The smallest absolute Gasteiger partial charge is 0.176 e. The zero-order valence-corrected chi connectivity index (χ0v) is 10.3. The van der Waals surface area contributed by atoms with Crippen LogP contribution in [0.25, 0.3) is 10.8 Å². The highest BCUT2D eigenvalue weighted by atomic mass is 79.9. The Morgan fingerprint density at radius 2 is 1.87 bits per heavy atom. The van der Waals surface area contributed by atoms with Gasteiger partial charge in [-0.15, -0.1) is 0 Å². The van der Waals surface area contributed by atoms with Crippen molar-refractivity contribution in [2.75, 3.05) is 0 Å². The molecule has 1 heterocycles. The maximum Gasteiger partial charge on any atom is 0.176 e. The topological polar surface area (TPSA) is 3.88 Å². The van der Waals surface area contributed by atoms with Crippen LogP contribution in [0.1, 0.15) is 6.92 Å². The lowest BCUT2D eigenvalue weighted by atomic mass is 10.2. The van der Waals surface area contributed by atoms with Crippen molar-refractivity contribution in [3.63, 3.8) is 0 Å². The number of benzene rings is 1.